The maximum absolute atomic E-state index is 12.3. The number of likely N-dealkylation sites (N-methyl/N-ethyl adjacent to an activating group) is 1. The Morgan fingerprint density at radius 1 is 1.29 bits per heavy atom. The lowest BCUT2D eigenvalue weighted by atomic mass is 10.1. The predicted molar refractivity (Wildman–Crippen MR) is 86.7 cm³/mol. The smallest absolute Gasteiger partial charge is 0.252 e. The number of hydrogen-bond donors (Lipinski definition) is 3. The maximum atomic E-state index is 12.3. The van der Waals surface area contributed by atoms with Gasteiger partial charge in [0.1, 0.15) is 0 Å². The van der Waals surface area contributed by atoms with Crippen LogP contribution >= 0.6 is 10.6 Å². The number of rotatable bonds is 6. The first-order chi connectivity index (χ1) is 9.99. The molecule has 1 aromatic carbocycles. The molecule has 2 rings (SSSR count). The zero-order valence-electron chi connectivity index (χ0n) is 12.4. The summed E-state index contributed by atoms with van der Waals surface area (Å²) < 4.78 is 19.8. The number of carbonyl (C=O) groups is 1. The number of amides is 1. The molecule has 0 unspecified atom stereocenters. The number of carbonyl (C=O) groups excluding carboxylic acids is 1. The minimum Gasteiger partial charge on any atom is -0.351 e. The van der Waals surface area contributed by atoms with Crippen LogP contribution in [0.5, 0.6) is 0 Å². The molecule has 1 amide bonds. The molecule has 0 spiro atoms. The van der Waals surface area contributed by atoms with Crippen LogP contribution in [0.2, 0.25) is 0 Å². The molecular formula is C15H22N2O3S. The Bertz CT molecular complexity index is 554. The van der Waals surface area contributed by atoms with Crippen molar-refractivity contribution < 1.29 is 13.9 Å². The first-order valence-electron chi connectivity index (χ1n) is 7.09. The molecule has 116 valence electrons. The molecule has 1 aromatic rings. The summed E-state index contributed by atoms with van der Waals surface area (Å²) in [4.78, 5) is 14.9. The van der Waals surface area contributed by atoms with Crippen molar-refractivity contribution in [3.63, 3.8) is 0 Å². The van der Waals surface area contributed by atoms with Crippen molar-refractivity contribution >= 4 is 22.6 Å². The quantitative estimate of drug-likeness (QED) is 0.755. The Morgan fingerprint density at radius 2 is 2.00 bits per heavy atom. The Balaban J connectivity index is 2.05. The Hall–Kier alpha value is -1.34. The van der Waals surface area contributed by atoms with Gasteiger partial charge in [0.2, 0.25) is 0 Å². The molecule has 5 nitrogen and oxygen atoms in total. The van der Waals surface area contributed by atoms with Crippen LogP contribution in [0.25, 0.3) is 6.08 Å². The second kappa shape index (κ2) is 6.62. The monoisotopic (exact) mass is 310 g/mol. The van der Waals surface area contributed by atoms with Crippen molar-refractivity contribution in [3.8, 4) is 0 Å². The highest BCUT2D eigenvalue weighted by molar-refractivity contribution is 8.27. The fourth-order valence-corrected chi connectivity index (χ4v) is 3.63. The van der Waals surface area contributed by atoms with Crippen molar-refractivity contribution in [2.24, 2.45) is 0 Å². The Labute approximate surface area is 127 Å². The molecule has 1 aliphatic rings. The lowest BCUT2D eigenvalue weighted by Crippen LogP contribution is -2.35. The summed E-state index contributed by atoms with van der Waals surface area (Å²) in [6.45, 7) is 7.46. The van der Waals surface area contributed by atoms with E-state index in [1.165, 1.54) is 5.41 Å². The first kappa shape index (κ1) is 16.0. The van der Waals surface area contributed by atoms with E-state index in [1.807, 2.05) is 0 Å². The van der Waals surface area contributed by atoms with Gasteiger partial charge in [0, 0.05) is 29.6 Å². The molecule has 0 radical (unpaired) electrons. The number of fused-ring (bicyclic) bond motifs is 1. The molecule has 1 aliphatic heterocycles. The molecule has 0 aromatic heterocycles. The first-order valence-corrected chi connectivity index (χ1v) is 8.70. The van der Waals surface area contributed by atoms with E-state index in [0.717, 1.165) is 19.6 Å². The van der Waals surface area contributed by atoms with Crippen LogP contribution in [0.1, 0.15) is 29.8 Å². The van der Waals surface area contributed by atoms with E-state index in [2.05, 4.69) is 24.1 Å². The summed E-state index contributed by atoms with van der Waals surface area (Å²) >= 11 is 0. The van der Waals surface area contributed by atoms with Gasteiger partial charge in [-0.1, -0.05) is 19.9 Å². The Kier molecular flexibility index (Phi) is 5.05. The van der Waals surface area contributed by atoms with Crippen molar-refractivity contribution in [2.75, 3.05) is 26.2 Å². The molecule has 0 bridgehead atoms. The minimum atomic E-state index is -2.87. The van der Waals surface area contributed by atoms with E-state index in [0.29, 0.717) is 22.6 Å². The highest BCUT2D eigenvalue weighted by atomic mass is 32.3. The maximum Gasteiger partial charge on any atom is 0.252 e. The number of benzene rings is 1. The highest BCUT2D eigenvalue weighted by Crippen LogP contribution is 2.56. The van der Waals surface area contributed by atoms with E-state index in [-0.39, 0.29) is 5.91 Å². The number of nitrogens with zero attached hydrogens (tertiary/aromatic N) is 1. The van der Waals surface area contributed by atoms with E-state index in [4.69, 9.17) is 0 Å². The van der Waals surface area contributed by atoms with Gasteiger partial charge in [0.05, 0.1) is 4.90 Å². The van der Waals surface area contributed by atoms with Crippen LogP contribution in [0.3, 0.4) is 0 Å². The standard InChI is InChI=1S/C15H22N2O3S/c1-3-17(4-2)10-9-16-15(18)13-6-5-7-14-12(13)8-11-21(14,19)20/h5-8,11,19-20H,3-4,9-10H2,1-2H3,(H,16,18). The van der Waals surface area contributed by atoms with Crippen molar-refractivity contribution in [1.29, 1.82) is 0 Å². The van der Waals surface area contributed by atoms with Crippen LogP contribution in [0.4, 0.5) is 0 Å². The topological polar surface area (TPSA) is 72.8 Å². The van der Waals surface area contributed by atoms with Gasteiger partial charge in [0.25, 0.3) is 5.91 Å². The summed E-state index contributed by atoms with van der Waals surface area (Å²) in [5.41, 5.74) is 1.10. The summed E-state index contributed by atoms with van der Waals surface area (Å²) in [5, 5.41) is 4.25. The van der Waals surface area contributed by atoms with Gasteiger partial charge in [-0.2, -0.15) is 0 Å². The fraction of sp³-hybridized carbons (Fsp3) is 0.400. The second-order valence-electron chi connectivity index (χ2n) is 4.90. The zero-order chi connectivity index (χ0) is 15.5. The molecule has 0 fully saturated rings. The molecule has 0 aliphatic carbocycles. The molecule has 0 saturated heterocycles. The van der Waals surface area contributed by atoms with E-state index in [1.54, 1.807) is 24.3 Å². The van der Waals surface area contributed by atoms with Gasteiger partial charge in [-0.15, -0.1) is 10.6 Å². The van der Waals surface area contributed by atoms with E-state index in [9.17, 15) is 13.9 Å². The van der Waals surface area contributed by atoms with Crippen molar-refractivity contribution in [2.45, 2.75) is 18.7 Å². The van der Waals surface area contributed by atoms with Crippen molar-refractivity contribution in [3.05, 3.63) is 34.7 Å². The summed E-state index contributed by atoms with van der Waals surface area (Å²) in [7, 11) is -2.87. The van der Waals surface area contributed by atoms with Crippen LogP contribution in [0, 0.1) is 0 Å². The second-order valence-corrected chi connectivity index (χ2v) is 6.79. The molecule has 1 heterocycles. The Morgan fingerprint density at radius 3 is 2.67 bits per heavy atom. The van der Waals surface area contributed by atoms with Crippen molar-refractivity contribution in [1.82, 2.24) is 10.2 Å². The summed E-state index contributed by atoms with van der Waals surface area (Å²) in [6.07, 6.45) is 1.62. The lowest BCUT2D eigenvalue weighted by Gasteiger charge is -2.25. The molecule has 0 atom stereocenters. The normalized spacial score (nSPS) is 16.8. The van der Waals surface area contributed by atoms with E-state index < -0.39 is 10.6 Å². The predicted octanol–water partition coefficient (Wildman–Crippen LogP) is 2.85. The summed E-state index contributed by atoms with van der Waals surface area (Å²) in [5.74, 6) is -0.180. The number of nitrogens with one attached hydrogen (secondary N) is 1. The molecule has 3 N–H and O–H groups in total. The third-order valence-corrected chi connectivity index (χ3v) is 5.19. The highest BCUT2D eigenvalue weighted by Gasteiger charge is 2.25. The largest absolute Gasteiger partial charge is 0.351 e. The van der Waals surface area contributed by atoms with Gasteiger partial charge < -0.3 is 10.2 Å². The molecule has 0 saturated carbocycles. The SMILES string of the molecule is CCN(CC)CCNC(=O)c1cccc2c1C=CS2(O)O. The molecular weight excluding hydrogens is 288 g/mol. The van der Waals surface area contributed by atoms with Gasteiger partial charge in [-0.3, -0.25) is 13.9 Å². The average Bonchev–Trinajstić information content (AvgIpc) is 2.79. The van der Waals surface area contributed by atoms with Gasteiger partial charge >= 0.3 is 0 Å². The lowest BCUT2D eigenvalue weighted by molar-refractivity contribution is 0.0948. The molecule has 21 heavy (non-hydrogen) atoms. The van der Waals surface area contributed by atoms with Crippen LogP contribution < -0.4 is 5.32 Å². The third-order valence-electron chi connectivity index (χ3n) is 3.67. The third kappa shape index (κ3) is 3.47. The zero-order valence-corrected chi connectivity index (χ0v) is 13.2. The average molecular weight is 310 g/mol. The van der Waals surface area contributed by atoms with Crippen LogP contribution in [0.15, 0.2) is 28.5 Å². The van der Waals surface area contributed by atoms with Crippen LogP contribution in [-0.4, -0.2) is 46.1 Å². The van der Waals surface area contributed by atoms with Gasteiger partial charge in [-0.05, 0) is 31.3 Å². The van der Waals surface area contributed by atoms with E-state index >= 15 is 0 Å². The van der Waals surface area contributed by atoms with Gasteiger partial charge in [-0.25, -0.2) is 0 Å². The van der Waals surface area contributed by atoms with Gasteiger partial charge in [0.15, 0.2) is 0 Å². The molecule has 6 heteroatoms. The van der Waals surface area contributed by atoms with Crippen LogP contribution in [-0.2, 0) is 0 Å². The number of hydrogen-bond acceptors (Lipinski definition) is 4. The minimum absolute atomic E-state index is 0.180. The summed E-state index contributed by atoms with van der Waals surface area (Å²) in [6, 6.07) is 5.04. The fourth-order valence-electron chi connectivity index (χ4n) is 2.37.